The van der Waals surface area contributed by atoms with Gasteiger partial charge in [0.25, 0.3) is 5.95 Å². The molecule has 1 heterocycles. The highest BCUT2D eigenvalue weighted by Crippen LogP contribution is 2.28. The summed E-state index contributed by atoms with van der Waals surface area (Å²) in [7, 11) is 1.47. The summed E-state index contributed by atoms with van der Waals surface area (Å²) >= 11 is 0. The molecule has 2 rings (SSSR count). The van der Waals surface area contributed by atoms with Crippen LogP contribution in [-0.2, 0) is 0 Å². The predicted octanol–water partition coefficient (Wildman–Crippen LogP) is 2.65. The Balaban J connectivity index is 2.27. The van der Waals surface area contributed by atoms with Crippen LogP contribution in [0, 0.1) is 11.3 Å². The van der Waals surface area contributed by atoms with E-state index in [0.717, 1.165) is 0 Å². The number of hydrogen-bond acceptors (Lipinski definition) is 5. The topological polar surface area (TPSA) is 92.7 Å². The Morgan fingerprint density at radius 1 is 1.32 bits per heavy atom. The molecule has 0 radical (unpaired) electrons. The number of ether oxygens (including phenoxy) is 2. The molecule has 1 aromatic heterocycles. The van der Waals surface area contributed by atoms with Gasteiger partial charge in [-0.1, -0.05) is 0 Å². The van der Waals surface area contributed by atoms with E-state index in [1.807, 2.05) is 6.07 Å². The first-order valence-corrected chi connectivity index (χ1v) is 5.22. The monoisotopic (exact) mass is 259 g/mol. The van der Waals surface area contributed by atoms with Crippen molar-refractivity contribution in [1.29, 1.82) is 5.26 Å². The van der Waals surface area contributed by atoms with Crippen molar-refractivity contribution in [3.8, 4) is 23.5 Å². The summed E-state index contributed by atoms with van der Waals surface area (Å²) in [4.78, 5) is 10.7. The molecular formula is C13H9NO5. The van der Waals surface area contributed by atoms with Gasteiger partial charge in [0.1, 0.15) is 11.5 Å². The number of hydrogen-bond donors (Lipinski definition) is 1. The molecular weight excluding hydrogens is 250 g/mol. The average molecular weight is 259 g/mol. The van der Waals surface area contributed by atoms with Crippen LogP contribution >= 0.6 is 0 Å². The fourth-order valence-electron chi connectivity index (χ4n) is 1.42. The lowest BCUT2D eigenvalue weighted by atomic mass is 10.2. The maximum atomic E-state index is 10.7. The van der Waals surface area contributed by atoms with E-state index in [-0.39, 0.29) is 11.7 Å². The van der Waals surface area contributed by atoms with Crippen molar-refractivity contribution in [2.75, 3.05) is 7.11 Å². The van der Waals surface area contributed by atoms with Crippen LogP contribution in [0.25, 0.3) is 0 Å². The number of furan rings is 1. The number of carboxylic acid groups (broad SMARTS) is 1. The number of nitrogens with zero attached hydrogens (tertiary/aromatic N) is 1. The molecule has 2 aromatic rings. The number of carboxylic acids is 1. The minimum atomic E-state index is -1.18. The Labute approximate surface area is 108 Å². The van der Waals surface area contributed by atoms with E-state index in [2.05, 4.69) is 0 Å². The summed E-state index contributed by atoms with van der Waals surface area (Å²) in [5.74, 6) is -0.604. The Morgan fingerprint density at radius 2 is 2.05 bits per heavy atom. The molecule has 0 atom stereocenters. The third kappa shape index (κ3) is 2.84. The number of nitriles is 1. The van der Waals surface area contributed by atoms with Crippen LogP contribution in [0.4, 0.5) is 0 Å². The first kappa shape index (κ1) is 12.5. The molecule has 0 unspecified atom stereocenters. The molecule has 19 heavy (non-hydrogen) atoms. The molecule has 0 bridgehead atoms. The fourth-order valence-corrected chi connectivity index (χ4v) is 1.42. The van der Waals surface area contributed by atoms with Crippen LogP contribution in [0.15, 0.2) is 34.7 Å². The molecule has 0 saturated carbocycles. The van der Waals surface area contributed by atoms with Crippen molar-refractivity contribution in [2.45, 2.75) is 0 Å². The van der Waals surface area contributed by atoms with Gasteiger partial charge in [0.2, 0.25) is 5.76 Å². The van der Waals surface area contributed by atoms with E-state index in [1.54, 1.807) is 12.1 Å². The zero-order valence-electron chi connectivity index (χ0n) is 9.91. The summed E-state index contributed by atoms with van der Waals surface area (Å²) < 4.78 is 15.3. The maximum absolute atomic E-state index is 10.7. The van der Waals surface area contributed by atoms with Gasteiger partial charge in [-0.05, 0) is 18.2 Å². The standard InChI is InChI=1S/C13H9NO5/c1-17-9-4-8(7-14)5-10(6-9)18-12-3-2-11(19-12)13(15)16/h2-6H,1H3,(H,15,16). The van der Waals surface area contributed by atoms with Crippen molar-refractivity contribution in [1.82, 2.24) is 0 Å². The van der Waals surface area contributed by atoms with E-state index in [9.17, 15) is 4.79 Å². The van der Waals surface area contributed by atoms with Gasteiger partial charge in [0.05, 0.1) is 18.7 Å². The molecule has 0 aliphatic heterocycles. The molecule has 0 aliphatic carbocycles. The molecule has 96 valence electrons. The van der Waals surface area contributed by atoms with Crippen LogP contribution in [0.3, 0.4) is 0 Å². The Morgan fingerprint density at radius 3 is 2.63 bits per heavy atom. The van der Waals surface area contributed by atoms with E-state index < -0.39 is 5.97 Å². The number of aromatic carboxylic acids is 1. The molecule has 0 fully saturated rings. The minimum absolute atomic E-state index is 0.0227. The zero-order chi connectivity index (χ0) is 13.8. The smallest absolute Gasteiger partial charge is 0.371 e. The summed E-state index contributed by atoms with van der Waals surface area (Å²) in [6.45, 7) is 0. The van der Waals surface area contributed by atoms with Crippen molar-refractivity contribution >= 4 is 5.97 Å². The van der Waals surface area contributed by atoms with E-state index in [0.29, 0.717) is 17.1 Å². The molecule has 0 spiro atoms. The number of benzene rings is 1. The molecule has 0 aliphatic rings. The summed E-state index contributed by atoms with van der Waals surface area (Å²) in [6, 6.07) is 9.24. The maximum Gasteiger partial charge on any atom is 0.371 e. The number of rotatable bonds is 4. The highest BCUT2D eigenvalue weighted by molar-refractivity contribution is 5.84. The van der Waals surface area contributed by atoms with E-state index in [1.165, 1.54) is 25.3 Å². The lowest BCUT2D eigenvalue weighted by Crippen LogP contribution is -1.92. The third-order valence-corrected chi connectivity index (χ3v) is 2.26. The lowest BCUT2D eigenvalue weighted by molar-refractivity contribution is 0.0657. The van der Waals surface area contributed by atoms with Gasteiger partial charge in [-0.2, -0.15) is 5.26 Å². The van der Waals surface area contributed by atoms with Gasteiger partial charge in [-0.15, -0.1) is 0 Å². The SMILES string of the molecule is COc1cc(C#N)cc(Oc2ccc(C(=O)O)o2)c1. The Hall–Kier alpha value is -2.94. The fraction of sp³-hybridized carbons (Fsp3) is 0.0769. The van der Waals surface area contributed by atoms with Gasteiger partial charge in [-0.3, -0.25) is 0 Å². The predicted molar refractivity (Wildman–Crippen MR) is 63.5 cm³/mol. The van der Waals surface area contributed by atoms with Gasteiger partial charge in [0, 0.05) is 12.1 Å². The van der Waals surface area contributed by atoms with Crippen molar-refractivity contribution in [2.24, 2.45) is 0 Å². The van der Waals surface area contributed by atoms with Gasteiger partial charge >= 0.3 is 5.97 Å². The molecule has 0 amide bonds. The summed E-state index contributed by atoms with van der Waals surface area (Å²) in [6.07, 6.45) is 0. The Bertz CT molecular complexity index is 653. The highest BCUT2D eigenvalue weighted by atomic mass is 16.6. The zero-order valence-corrected chi connectivity index (χ0v) is 9.91. The van der Waals surface area contributed by atoms with Gasteiger partial charge in [0.15, 0.2) is 0 Å². The van der Waals surface area contributed by atoms with Crippen LogP contribution in [0.2, 0.25) is 0 Å². The second-order valence-corrected chi connectivity index (χ2v) is 3.53. The average Bonchev–Trinajstić information content (AvgIpc) is 2.87. The first-order chi connectivity index (χ1) is 9.12. The largest absolute Gasteiger partial charge is 0.497 e. The molecule has 1 aromatic carbocycles. The van der Waals surface area contributed by atoms with Crippen molar-refractivity contribution in [3.05, 3.63) is 41.7 Å². The van der Waals surface area contributed by atoms with E-state index in [4.69, 9.17) is 24.3 Å². The Kier molecular flexibility index (Phi) is 3.39. The highest BCUT2D eigenvalue weighted by Gasteiger charge is 2.11. The second-order valence-electron chi connectivity index (χ2n) is 3.53. The van der Waals surface area contributed by atoms with Crippen molar-refractivity contribution in [3.63, 3.8) is 0 Å². The minimum Gasteiger partial charge on any atom is -0.497 e. The van der Waals surface area contributed by atoms with Crippen LogP contribution in [0.5, 0.6) is 17.4 Å². The second kappa shape index (κ2) is 5.14. The molecule has 6 nitrogen and oxygen atoms in total. The lowest BCUT2D eigenvalue weighted by Gasteiger charge is -2.05. The normalized spacial score (nSPS) is 9.68. The molecule has 6 heteroatoms. The van der Waals surface area contributed by atoms with E-state index >= 15 is 0 Å². The quantitative estimate of drug-likeness (QED) is 0.907. The number of carbonyl (C=O) groups is 1. The first-order valence-electron chi connectivity index (χ1n) is 5.22. The van der Waals surface area contributed by atoms with Crippen LogP contribution in [-0.4, -0.2) is 18.2 Å². The van der Waals surface area contributed by atoms with Crippen LogP contribution < -0.4 is 9.47 Å². The molecule has 0 saturated heterocycles. The summed E-state index contributed by atoms with van der Waals surface area (Å²) in [5, 5.41) is 17.6. The van der Waals surface area contributed by atoms with Gasteiger partial charge in [-0.25, -0.2) is 4.79 Å². The summed E-state index contributed by atoms with van der Waals surface area (Å²) in [5.41, 5.74) is 0.361. The molecule has 1 N–H and O–H groups in total. The van der Waals surface area contributed by atoms with Gasteiger partial charge < -0.3 is 19.0 Å². The number of methoxy groups -OCH3 is 1. The van der Waals surface area contributed by atoms with Crippen molar-refractivity contribution < 1.29 is 23.8 Å². The third-order valence-electron chi connectivity index (χ3n) is 2.26. The van der Waals surface area contributed by atoms with Crippen LogP contribution in [0.1, 0.15) is 16.1 Å².